The molecule has 0 saturated carbocycles. The smallest absolute Gasteiger partial charge is 0.229 e. The average Bonchev–Trinajstić information content (AvgIpc) is 2.72. The molecule has 1 heterocycles. The first-order valence-electron chi connectivity index (χ1n) is 9.38. The summed E-state index contributed by atoms with van der Waals surface area (Å²) in [6.07, 6.45) is 3.22. The summed E-state index contributed by atoms with van der Waals surface area (Å²) in [5.74, 6) is 1.24. The Hall–Kier alpha value is -2.96. The lowest BCUT2D eigenvalue weighted by molar-refractivity contribution is -0.119. The molecule has 0 aliphatic heterocycles. The van der Waals surface area contributed by atoms with Crippen LogP contribution < -0.4 is 14.8 Å². The van der Waals surface area contributed by atoms with Crippen molar-refractivity contribution in [1.82, 2.24) is 9.97 Å². The normalized spacial score (nSPS) is 16.9. The summed E-state index contributed by atoms with van der Waals surface area (Å²) in [6.45, 7) is 3.80. The number of methoxy groups -OCH3 is 2. The fourth-order valence-electron chi connectivity index (χ4n) is 3.27. The van der Waals surface area contributed by atoms with Crippen LogP contribution in [0, 0.1) is 5.92 Å². The summed E-state index contributed by atoms with van der Waals surface area (Å²) in [5, 5.41) is 2.74. The van der Waals surface area contributed by atoms with E-state index in [0.717, 1.165) is 12.0 Å². The molecule has 1 amide bonds. The lowest BCUT2D eigenvalue weighted by Crippen LogP contribution is -2.24. The van der Waals surface area contributed by atoms with Gasteiger partial charge >= 0.3 is 0 Å². The van der Waals surface area contributed by atoms with Gasteiger partial charge in [0, 0.05) is 18.5 Å². The van der Waals surface area contributed by atoms with E-state index in [-0.39, 0.29) is 29.5 Å². The van der Waals surface area contributed by atoms with Gasteiger partial charge in [0.05, 0.1) is 25.5 Å². The second-order valence-electron chi connectivity index (χ2n) is 7.00. The Balaban J connectivity index is 1.86. The van der Waals surface area contributed by atoms with E-state index in [0.29, 0.717) is 35.6 Å². The van der Waals surface area contributed by atoms with Gasteiger partial charge in [0.25, 0.3) is 0 Å². The van der Waals surface area contributed by atoms with Gasteiger partial charge in [-0.2, -0.15) is 0 Å². The highest BCUT2D eigenvalue weighted by Gasteiger charge is 2.29. The van der Waals surface area contributed by atoms with Crippen molar-refractivity contribution >= 4 is 17.6 Å². The zero-order valence-corrected chi connectivity index (χ0v) is 16.6. The number of nitrogens with zero attached hydrogens (tertiary/aromatic N) is 2. The van der Waals surface area contributed by atoms with Crippen LogP contribution in [-0.4, -0.2) is 35.9 Å². The second kappa shape index (κ2) is 8.37. The van der Waals surface area contributed by atoms with Crippen LogP contribution in [0.1, 0.15) is 54.2 Å². The minimum atomic E-state index is -0.124. The third-order valence-corrected chi connectivity index (χ3v) is 5.21. The van der Waals surface area contributed by atoms with Crippen molar-refractivity contribution in [2.75, 3.05) is 19.5 Å². The molecule has 28 heavy (non-hydrogen) atoms. The minimum absolute atomic E-state index is 0.000776. The van der Waals surface area contributed by atoms with E-state index in [2.05, 4.69) is 15.3 Å². The van der Waals surface area contributed by atoms with E-state index in [9.17, 15) is 9.59 Å². The van der Waals surface area contributed by atoms with Gasteiger partial charge in [0.2, 0.25) is 11.9 Å². The summed E-state index contributed by atoms with van der Waals surface area (Å²) >= 11 is 0. The van der Waals surface area contributed by atoms with Gasteiger partial charge in [0.15, 0.2) is 17.3 Å². The molecule has 7 heteroatoms. The molecule has 1 N–H and O–H groups in total. The van der Waals surface area contributed by atoms with Crippen molar-refractivity contribution in [3.05, 3.63) is 41.2 Å². The van der Waals surface area contributed by atoms with Crippen molar-refractivity contribution in [1.29, 1.82) is 0 Å². The van der Waals surface area contributed by atoms with E-state index in [1.54, 1.807) is 14.2 Å². The fraction of sp³-hybridized carbons (Fsp3) is 0.429. The second-order valence-corrected chi connectivity index (χ2v) is 7.00. The number of ether oxygens (including phenoxy) is 2. The largest absolute Gasteiger partial charge is 0.493 e. The van der Waals surface area contributed by atoms with Crippen LogP contribution in [0.5, 0.6) is 11.5 Å². The highest BCUT2D eigenvalue weighted by molar-refractivity contribution is 5.99. The molecule has 1 aromatic carbocycles. The van der Waals surface area contributed by atoms with Crippen LogP contribution >= 0.6 is 0 Å². The van der Waals surface area contributed by atoms with Crippen LogP contribution in [-0.2, 0) is 11.2 Å². The Labute approximate surface area is 164 Å². The first-order chi connectivity index (χ1) is 13.5. The molecule has 3 rings (SSSR count). The number of hydrogen-bond donors (Lipinski definition) is 1. The van der Waals surface area contributed by atoms with Gasteiger partial charge in [-0.25, -0.2) is 9.97 Å². The van der Waals surface area contributed by atoms with Gasteiger partial charge in [-0.15, -0.1) is 0 Å². The number of nitrogens with one attached hydrogen (secondary N) is 1. The molecule has 2 aromatic rings. The predicted octanol–water partition coefficient (Wildman–Crippen LogP) is 3.39. The zero-order valence-electron chi connectivity index (χ0n) is 16.6. The number of hydrogen-bond acceptors (Lipinski definition) is 6. The molecule has 1 aliphatic carbocycles. The molecule has 7 nitrogen and oxygen atoms in total. The highest BCUT2D eigenvalue weighted by atomic mass is 16.5. The zero-order chi connectivity index (χ0) is 20.3. The Morgan fingerprint density at radius 1 is 1.25 bits per heavy atom. The molecular formula is C21H25N3O4. The van der Waals surface area contributed by atoms with Crippen molar-refractivity contribution < 1.29 is 19.1 Å². The molecule has 0 bridgehead atoms. The van der Waals surface area contributed by atoms with Gasteiger partial charge in [0.1, 0.15) is 0 Å². The minimum Gasteiger partial charge on any atom is -0.493 e. The molecule has 0 unspecified atom stereocenters. The van der Waals surface area contributed by atoms with Gasteiger partial charge in [-0.1, -0.05) is 19.9 Å². The first kappa shape index (κ1) is 19.8. The van der Waals surface area contributed by atoms with Crippen LogP contribution in [0.25, 0.3) is 0 Å². The van der Waals surface area contributed by atoms with Gasteiger partial charge in [-0.05, 0) is 36.5 Å². The van der Waals surface area contributed by atoms with Crippen LogP contribution in [0.15, 0.2) is 24.4 Å². The molecule has 2 atom stereocenters. The number of carbonyl (C=O) groups excluding carboxylic acids is 2. The number of aromatic nitrogens is 2. The molecule has 0 saturated heterocycles. The topological polar surface area (TPSA) is 90.4 Å². The lowest BCUT2D eigenvalue weighted by atomic mass is 9.82. The SMILES string of the molecule is CC[C@H](C)C(=O)Nc1ncc2c(n1)C[C@@H](c1ccc(OC)c(OC)c1)CC2=O. The highest BCUT2D eigenvalue weighted by Crippen LogP contribution is 2.36. The Morgan fingerprint density at radius 3 is 2.68 bits per heavy atom. The van der Waals surface area contributed by atoms with Crippen molar-refractivity contribution in [3.8, 4) is 11.5 Å². The first-order valence-corrected chi connectivity index (χ1v) is 9.38. The number of Topliss-reactive ketones (excluding diaryl/α,β-unsaturated/α-hetero) is 1. The number of anilines is 1. The summed E-state index contributed by atoms with van der Waals surface area (Å²) < 4.78 is 10.7. The third kappa shape index (κ3) is 3.98. The average molecular weight is 383 g/mol. The van der Waals surface area contributed by atoms with E-state index < -0.39 is 0 Å². The standard InChI is InChI=1S/C21H25N3O4/c1-5-12(2)20(26)24-21-22-11-15-16(23-21)8-14(9-17(15)25)13-6-7-18(27-3)19(10-13)28-4/h6-7,10-12,14H,5,8-9H2,1-4H3,(H,22,23,24,26)/t12-,14+/m0/s1. The molecule has 0 fully saturated rings. The quantitative estimate of drug-likeness (QED) is 0.822. The molecule has 0 radical (unpaired) electrons. The lowest BCUT2D eigenvalue weighted by Gasteiger charge is -2.24. The molecule has 148 valence electrons. The number of carbonyl (C=O) groups is 2. The predicted molar refractivity (Wildman–Crippen MR) is 105 cm³/mol. The number of benzene rings is 1. The van der Waals surface area contributed by atoms with Crippen LogP contribution in [0.3, 0.4) is 0 Å². The number of amides is 1. The summed E-state index contributed by atoms with van der Waals surface area (Å²) in [4.78, 5) is 33.3. The van der Waals surface area contributed by atoms with E-state index in [1.807, 2.05) is 32.0 Å². The number of rotatable bonds is 6. The molecular weight excluding hydrogens is 358 g/mol. The number of ketones is 1. The molecule has 1 aliphatic rings. The number of fused-ring (bicyclic) bond motifs is 1. The maximum atomic E-state index is 12.6. The fourth-order valence-corrected chi connectivity index (χ4v) is 3.27. The summed E-state index contributed by atoms with van der Waals surface area (Å²) in [6, 6.07) is 5.68. The van der Waals surface area contributed by atoms with Crippen molar-refractivity contribution in [3.63, 3.8) is 0 Å². The van der Waals surface area contributed by atoms with Crippen molar-refractivity contribution in [2.24, 2.45) is 5.92 Å². The molecule has 0 spiro atoms. The maximum absolute atomic E-state index is 12.6. The van der Waals surface area contributed by atoms with E-state index >= 15 is 0 Å². The molecule has 1 aromatic heterocycles. The van der Waals surface area contributed by atoms with Crippen LogP contribution in [0.2, 0.25) is 0 Å². The van der Waals surface area contributed by atoms with Crippen LogP contribution in [0.4, 0.5) is 5.95 Å². The monoisotopic (exact) mass is 383 g/mol. The Kier molecular flexibility index (Phi) is 5.92. The summed E-state index contributed by atoms with van der Waals surface area (Å²) in [7, 11) is 3.17. The Morgan fingerprint density at radius 2 is 2.00 bits per heavy atom. The van der Waals surface area contributed by atoms with E-state index in [1.165, 1.54) is 6.20 Å². The third-order valence-electron chi connectivity index (χ3n) is 5.21. The maximum Gasteiger partial charge on any atom is 0.229 e. The van der Waals surface area contributed by atoms with Crippen molar-refractivity contribution in [2.45, 2.75) is 39.0 Å². The van der Waals surface area contributed by atoms with E-state index in [4.69, 9.17) is 9.47 Å². The summed E-state index contributed by atoms with van der Waals surface area (Å²) in [5.41, 5.74) is 2.17. The Bertz CT molecular complexity index is 897. The van der Waals surface area contributed by atoms with Gasteiger partial charge < -0.3 is 9.47 Å². The van der Waals surface area contributed by atoms with Gasteiger partial charge in [-0.3, -0.25) is 14.9 Å².